The Bertz CT molecular complexity index is 2020. The number of benzene rings is 4. The minimum absolute atomic E-state index is 0.000787. The summed E-state index contributed by atoms with van der Waals surface area (Å²) < 4.78 is 81.2. The summed E-state index contributed by atoms with van der Waals surface area (Å²) in [6.45, 7) is 0.102. The molecular weight excluding hydrogens is 661 g/mol. The predicted octanol–water partition coefficient (Wildman–Crippen LogP) is 7.22. The van der Waals surface area contributed by atoms with Gasteiger partial charge >= 0.3 is 12.3 Å². The van der Waals surface area contributed by atoms with Crippen molar-refractivity contribution >= 4 is 21.8 Å². The fourth-order valence-corrected chi connectivity index (χ4v) is 6.93. The van der Waals surface area contributed by atoms with Crippen LogP contribution in [0.1, 0.15) is 40.3 Å². The number of alkyl halides is 3. The highest BCUT2D eigenvalue weighted by atomic mass is 32.2. The molecule has 2 amide bonds. The maximum absolute atomic E-state index is 13.6. The summed E-state index contributed by atoms with van der Waals surface area (Å²) in [5, 5.41) is 4.05. The van der Waals surface area contributed by atoms with Gasteiger partial charge in [0.05, 0.1) is 27.1 Å². The average Bonchev–Trinajstić information content (AvgIpc) is 3.77. The number of nitrogens with zero attached hydrogens (tertiary/aromatic N) is 2. The van der Waals surface area contributed by atoms with Crippen LogP contribution in [0.4, 0.5) is 18.0 Å². The van der Waals surface area contributed by atoms with E-state index in [1.54, 1.807) is 36.4 Å². The van der Waals surface area contributed by atoms with Gasteiger partial charge in [-0.1, -0.05) is 59.8 Å². The van der Waals surface area contributed by atoms with Crippen molar-refractivity contribution in [3.63, 3.8) is 0 Å². The first-order valence-electron chi connectivity index (χ1n) is 15.2. The zero-order valence-corrected chi connectivity index (χ0v) is 26.6. The highest BCUT2D eigenvalue weighted by molar-refractivity contribution is 7.91. The second kappa shape index (κ2) is 14.0. The van der Waals surface area contributed by atoms with Crippen molar-refractivity contribution in [3.05, 3.63) is 143 Å². The number of carbonyl (C=O) groups excluding carboxylic acids is 2. The van der Waals surface area contributed by atoms with Crippen LogP contribution in [0.2, 0.25) is 0 Å². The molecule has 1 fully saturated rings. The summed E-state index contributed by atoms with van der Waals surface area (Å²) in [6.07, 6.45) is -3.48. The van der Waals surface area contributed by atoms with Gasteiger partial charge in [0, 0.05) is 18.4 Å². The standard InChI is InChI=1S/C36H29F3N2O7S/c37-36(38,39)27-11-15-30(16-12-27)49(44,45)31-8-4-7-25(20-31)22-46-29-13-9-26(10-14-29)32(33-17-18-48-40-33)21-34(42)41-28(23-47-35(41)43)19-24-5-2-1-3-6-24/h1-18,20,28,32H,19,21-23H2/t28-,32-/m0/s1. The number of hydrogen-bond donors (Lipinski definition) is 0. The molecule has 0 N–H and O–H groups in total. The highest BCUT2D eigenvalue weighted by Crippen LogP contribution is 2.33. The molecule has 0 bridgehead atoms. The number of imide groups is 1. The quantitative estimate of drug-likeness (QED) is 0.143. The normalized spacial score (nSPS) is 15.5. The molecule has 1 saturated heterocycles. The molecular formula is C36H29F3N2O7S. The number of amides is 2. The highest BCUT2D eigenvalue weighted by Gasteiger charge is 2.39. The molecule has 1 aliphatic heterocycles. The van der Waals surface area contributed by atoms with Crippen LogP contribution in [0.25, 0.3) is 0 Å². The molecule has 0 radical (unpaired) electrons. The van der Waals surface area contributed by atoms with E-state index in [9.17, 15) is 31.2 Å². The monoisotopic (exact) mass is 690 g/mol. The van der Waals surface area contributed by atoms with Crippen molar-refractivity contribution < 1.29 is 45.2 Å². The van der Waals surface area contributed by atoms with E-state index in [2.05, 4.69) is 5.16 Å². The first-order chi connectivity index (χ1) is 23.5. The number of cyclic esters (lactones) is 1. The van der Waals surface area contributed by atoms with E-state index >= 15 is 0 Å². The van der Waals surface area contributed by atoms with E-state index in [1.165, 1.54) is 29.4 Å². The zero-order chi connectivity index (χ0) is 34.6. The number of aromatic nitrogens is 1. The number of rotatable bonds is 11. The zero-order valence-electron chi connectivity index (χ0n) is 25.7. The largest absolute Gasteiger partial charge is 0.489 e. The van der Waals surface area contributed by atoms with Crippen molar-refractivity contribution in [2.75, 3.05) is 6.61 Å². The summed E-state index contributed by atoms with van der Waals surface area (Å²) in [5.74, 6) is -0.503. The predicted molar refractivity (Wildman–Crippen MR) is 169 cm³/mol. The molecule has 0 aliphatic carbocycles. The summed E-state index contributed by atoms with van der Waals surface area (Å²) in [5.41, 5.74) is 1.76. The Labute approximate surface area is 279 Å². The Hall–Kier alpha value is -5.43. The van der Waals surface area contributed by atoms with Crippen molar-refractivity contribution in [1.82, 2.24) is 10.1 Å². The van der Waals surface area contributed by atoms with E-state index in [0.29, 0.717) is 29.0 Å². The molecule has 2 atom stereocenters. The Morgan fingerprint density at radius 3 is 2.29 bits per heavy atom. The van der Waals surface area contributed by atoms with E-state index in [0.717, 1.165) is 29.8 Å². The van der Waals surface area contributed by atoms with Crippen molar-refractivity contribution in [3.8, 4) is 5.75 Å². The summed E-state index contributed by atoms with van der Waals surface area (Å²) in [7, 11) is -4.08. The molecule has 1 aliphatic rings. The molecule has 5 aromatic rings. The topological polar surface area (TPSA) is 116 Å². The SMILES string of the molecule is O=C(C[C@@H](c1ccc(OCc2cccc(S(=O)(=O)c3ccc(C(F)(F)F)cc3)c2)cc1)c1ccon1)N1C(=O)OC[C@@H]1Cc1ccccc1. The lowest BCUT2D eigenvalue weighted by Gasteiger charge is -2.22. The molecule has 4 aromatic carbocycles. The van der Waals surface area contributed by atoms with E-state index in [4.69, 9.17) is 14.0 Å². The maximum atomic E-state index is 13.6. The number of ether oxygens (including phenoxy) is 2. The first-order valence-corrected chi connectivity index (χ1v) is 16.6. The molecule has 0 unspecified atom stereocenters. The van der Waals surface area contributed by atoms with Crippen molar-refractivity contribution in [1.29, 1.82) is 0 Å². The minimum atomic E-state index is -4.58. The van der Waals surface area contributed by atoms with Crippen LogP contribution in [0.15, 0.2) is 130 Å². The smallest absolute Gasteiger partial charge is 0.416 e. The molecule has 6 rings (SSSR count). The number of sulfone groups is 1. The van der Waals surface area contributed by atoms with Gasteiger partial charge in [-0.15, -0.1) is 0 Å². The molecule has 252 valence electrons. The molecule has 2 heterocycles. The van der Waals surface area contributed by atoms with Crippen molar-refractivity contribution in [2.24, 2.45) is 0 Å². The molecule has 13 heteroatoms. The molecule has 0 spiro atoms. The van der Waals surface area contributed by atoms with E-state index < -0.39 is 45.5 Å². The average molecular weight is 691 g/mol. The van der Waals surface area contributed by atoms with Gasteiger partial charge in [0.15, 0.2) is 0 Å². The van der Waals surface area contributed by atoms with E-state index in [1.807, 2.05) is 30.3 Å². The second-order valence-corrected chi connectivity index (χ2v) is 13.3. The number of carbonyl (C=O) groups is 2. The van der Waals surface area contributed by atoms with Crippen LogP contribution in [-0.4, -0.2) is 43.1 Å². The lowest BCUT2D eigenvalue weighted by Crippen LogP contribution is -2.40. The van der Waals surface area contributed by atoms with Gasteiger partial charge in [0.25, 0.3) is 0 Å². The summed E-state index contributed by atoms with van der Waals surface area (Å²) >= 11 is 0. The first kappa shape index (κ1) is 33.5. The van der Waals surface area contributed by atoms with E-state index in [-0.39, 0.29) is 29.4 Å². The fraction of sp³-hybridized carbons (Fsp3) is 0.194. The summed E-state index contributed by atoms with van der Waals surface area (Å²) in [6, 6.07) is 26.9. The van der Waals surface area contributed by atoms with Gasteiger partial charge in [-0.3, -0.25) is 4.79 Å². The lowest BCUT2D eigenvalue weighted by atomic mass is 9.91. The second-order valence-electron chi connectivity index (χ2n) is 11.4. The Balaban J connectivity index is 1.13. The van der Waals surface area contributed by atoms with Gasteiger partial charge < -0.3 is 14.0 Å². The number of hydrogen-bond acceptors (Lipinski definition) is 8. The van der Waals surface area contributed by atoms with Gasteiger partial charge in [-0.2, -0.15) is 13.2 Å². The molecule has 9 nitrogen and oxygen atoms in total. The van der Waals surface area contributed by atoms with Crippen LogP contribution in [0.5, 0.6) is 5.75 Å². The van der Waals surface area contributed by atoms with Crippen LogP contribution >= 0.6 is 0 Å². The Morgan fingerprint density at radius 1 is 0.898 bits per heavy atom. The third kappa shape index (κ3) is 7.67. The van der Waals surface area contributed by atoms with Crippen LogP contribution in [-0.2, 0) is 38.6 Å². The Kier molecular flexibility index (Phi) is 9.54. The Morgan fingerprint density at radius 2 is 1.61 bits per heavy atom. The maximum Gasteiger partial charge on any atom is 0.416 e. The minimum Gasteiger partial charge on any atom is -0.489 e. The third-order valence-electron chi connectivity index (χ3n) is 8.13. The van der Waals surface area contributed by atoms with Crippen molar-refractivity contribution in [2.45, 2.75) is 47.4 Å². The molecule has 0 saturated carbocycles. The third-order valence-corrected chi connectivity index (χ3v) is 9.89. The number of halogens is 3. The summed E-state index contributed by atoms with van der Waals surface area (Å²) in [4.78, 5) is 27.0. The van der Waals surface area contributed by atoms with Crippen LogP contribution in [0, 0.1) is 0 Å². The molecule has 1 aromatic heterocycles. The van der Waals surface area contributed by atoms with Gasteiger partial charge in [-0.05, 0) is 71.6 Å². The van der Waals surface area contributed by atoms with Gasteiger partial charge in [0.2, 0.25) is 15.7 Å². The van der Waals surface area contributed by atoms with Crippen LogP contribution in [0.3, 0.4) is 0 Å². The lowest BCUT2D eigenvalue weighted by molar-refractivity contribution is -0.137. The van der Waals surface area contributed by atoms with Gasteiger partial charge in [-0.25, -0.2) is 18.1 Å². The van der Waals surface area contributed by atoms with Crippen LogP contribution < -0.4 is 4.74 Å². The van der Waals surface area contributed by atoms with Gasteiger partial charge in [0.1, 0.15) is 25.2 Å². The molecule has 49 heavy (non-hydrogen) atoms. The fourth-order valence-electron chi connectivity index (χ4n) is 5.59.